The number of carbonyl (C=O) groups is 1. The van der Waals surface area contributed by atoms with E-state index in [0.29, 0.717) is 19.6 Å². The number of rotatable bonds is 6. The predicted molar refractivity (Wildman–Crippen MR) is 58.5 cm³/mol. The summed E-state index contributed by atoms with van der Waals surface area (Å²) in [6.45, 7) is 5.00. The molecule has 0 heterocycles. The molecule has 0 bridgehead atoms. The van der Waals surface area contributed by atoms with E-state index in [4.69, 9.17) is 9.47 Å². The van der Waals surface area contributed by atoms with E-state index in [-0.39, 0.29) is 0 Å². The Morgan fingerprint density at radius 3 is 2.07 bits per heavy atom. The lowest BCUT2D eigenvalue weighted by atomic mass is 10.1. The van der Waals surface area contributed by atoms with Crippen molar-refractivity contribution in [3.05, 3.63) is 23.8 Å². The largest absolute Gasteiger partial charge is 0.493 e. The van der Waals surface area contributed by atoms with Crippen molar-refractivity contribution in [2.45, 2.75) is 20.3 Å². The molecule has 0 spiro atoms. The maximum absolute atomic E-state index is 10.6. The lowest BCUT2D eigenvalue weighted by Crippen LogP contribution is -2.02. The fraction of sp³-hybridized carbons (Fsp3) is 0.417. The van der Waals surface area contributed by atoms with Crippen LogP contribution in [0.1, 0.15) is 19.4 Å². The van der Waals surface area contributed by atoms with E-state index in [0.717, 1.165) is 23.3 Å². The lowest BCUT2D eigenvalue weighted by molar-refractivity contribution is -0.107. The maximum Gasteiger partial charge on any atom is 0.126 e. The van der Waals surface area contributed by atoms with E-state index >= 15 is 0 Å². The van der Waals surface area contributed by atoms with Gasteiger partial charge >= 0.3 is 0 Å². The van der Waals surface area contributed by atoms with Crippen molar-refractivity contribution in [3.8, 4) is 11.5 Å². The van der Waals surface area contributed by atoms with Crippen molar-refractivity contribution in [3.63, 3.8) is 0 Å². The van der Waals surface area contributed by atoms with Gasteiger partial charge in [-0.3, -0.25) is 0 Å². The van der Waals surface area contributed by atoms with Gasteiger partial charge in [0.25, 0.3) is 0 Å². The quantitative estimate of drug-likeness (QED) is 0.672. The number of benzene rings is 1. The Labute approximate surface area is 90.0 Å². The van der Waals surface area contributed by atoms with Gasteiger partial charge in [-0.15, -0.1) is 0 Å². The Hall–Kier alpha value is -1.51. The molecule has 0 fully saturated rings. The zero-order chi connectivity index (χ0) is 11.1. The van der Waals surface area contributed by atoms with Gasteiger partial charge in [-0.05, 0) is 26.0 Å². The summed E-state index contributed by atoms with van der Waals surface area (Å²) in [5.74, 6) is 1.46. The molecule has 0 N–H and O–H groups in total. The zero-order valence-electron chi connectivity index (χ0n) is 9.16. The highest BCUT2D eigenvalue weighted by atomic mass is 16.5. The second-order valence-corrected chi connectivity index (χ2v) is 2.97. The Bertz CT molecular complexity index is 296. The van der Waals surface area contributed by atoms with Gasteiger partial charge in [-0.25, -0.2) is 0 Å². The molecular weight excluding hydrogens is 192 g/mol. The molecule has 0 aliphatic carbocycles. The van der Waals surface area contributed by atoms with E-state index in [1.54, 1.807) is 0 Å². The molecule has 0 aliphatic rings. The summed E-state index contributed by atoms with van der Waals surface area (Å²) in [7, 11) is 0. The van der Waals surface area contributed by atoms with Crippen LogP contribution in [0.3, 0.4) is 0 Å². The second kappa shape index (κ2) is 6.06. The van der Waals surface area contributed by atoms with E-state index in [9.17, 15) is 4.79 Å². The van der Waals surface area contributed by atoms with Gasteiger partial charge in [0.2, 0.25) is 0 Å². The van der Waals surface area contributed by atoms with Crippen molar-refractivity contribution in [1.82, 2.24) is 0 Å². The lowest BCUT2D eigenvalue weighted by Gasteiger charge is -2.13. The maximum atomic E-state index is 10.6. The van der Waals surface area contributed by atoms with Gasteiger partial charge in [-0.2, -0.15) is 0 Å². The fourth-order valence-electron chi connectivity index (χ4n) is 1.41. The van der Waals surface area contributed by atoms with Crippen molar-refractivity contribution in [1.29, 1.82) is 0 Å². The highest BCUT2D eigenvalue weighted by Crippen LogP contribution is 2.28. The predicted octanol–water partition coefficient (Wildman–Crippen LogP) is 2.23. The molecule has 0 aromatic heterocycles. The van der Waals surface area contributed by atoms with Gasteiger partial charge in [-0.1, -0.05) is 6.07 Å². The first-order valence-corrected chi connectivity index (χ1v) is 5.14. The summed E-state index contributed by atoms with van der Waals surface area (Å²) in [5, 5.41) is 0. The molecule has 0 saturated carbocycles. The first-order valence-electron chi connectivity index (χ1n) is 5.14. The molecule has 1 rings (SSSR count). The summed E-state index contributed by atoms with van der Waals surface area (Å²) in [6, 6.07) is 5.57. The molecule has 0 aliphatic heterocycles. The first kappa shape index (κ1) is 11.6. The van der Waals surface area contributed by atoms with Crippen LogP contribution in [0.25, 0.3) is 0 Å². The van der Waals surface area contributed by atoms with Crippen LogP contribution >= 0.6 is 0 Å². The molecule has 0 amide bonds. The van der Waals surface area contributed by atoms with Crippen molar-refractivity contribution >= 4 is 6.29 Å². The third kappa shape index (κ3) is 2.98. The Morgan fingerprint density at radius 1 is 1.13 bits per heavy atom. The van der Waals surface area contributed by atoms with E-state index < -0.39 is 0 Å². The SMILES string of the molecule is CCOc1cccc(OCC)c1CC=O. The third-order valence-corrected chi connectivity index (χ3v) is 1.98. The van der Waals surface area contributed by atoms with Crippen LogP contribution in [0.2, 0.25) is 0 Å². The fourth-order valence-corrected chi connectivity index (χ4v) is 1.41. The Morgan fingerprint density at radius 2 is 1.67 bits per heavy atom. The highest BCUT2D eigenvalue weighted by Gasteiger charge is 2.09. The zero-order valence-corrected chi connectivity index (χ0v) is 9.16. The monoisotopic (exact) mass is 208 g/mol. The minimum atomic E-state index is 0.325. The highest BCUT2D eigenvalue weighted by molar-refractivity contribution is 5.61. The van der Waals surface area contributed by atoms with Crippen molar-refractivity contribution in [2.75, 3.05) is 13.2 Å². The Kier molecular flexibility index (Phi) is 4.68. The van der Waals surface area contributed by atoms with E-state index in [1.165, 1.54) is 0 Å². The molecule has 3 nitrogen and oxygen atoms in total. The average molecular weight is 208 g/mol. The van der Waals surface area contributed by atoms with Gasteiger partial charge in [0.05, 0.1) is 13.2 Å². The molecule has 0 saturated heterocycles. The molecule has 0 unspecified atom stereocenters. The van der Waals surface area contributed by atoms with Gasteiger partial charge < -0.3 is 14.3 Å². The molecule has 1 aromatic rings. The summed E-state index contributed by atoms with van der Waals surface area (Å²) in [4.78, 5) is 10.6. The summed E-state index contributed by atoms with van der Waals surface area (Å²) < 4.78 is 10.9. The van der Waals surface area contributed by atoms with Crippen LogP contribution in [0.5, 0.6) is 11.5 Å². The molecule has 3 heteroatoms. The number of ether oxygens (including phenoxy) is 2. The van der Waals surface area contributed by atoms with Crippen LogP contribution in [-0.4, -0.2) is 19.5 Å². The Balaban J connectivity index is 3.02. The second-order valence-electron chi connectivity index (χ2n) is 2.97. The molecule has 0 radical (unpaired) electrons. The van der Waals surface area contributed by atoms with Crippen LogP contribution in [0.15, 0.2) is 18.2 Å². The van der Waals surface area contributed by atoms with Gasteiger partial charge in [0.1, 0.15) is 17.8 Å². The number of carbonyl (C=O) groups excluding carboxylic acids is 1. The third-order valence-electron chi connectivity index (χ3n) is 1.98. The van der Waals surface area contributed by atoms with E-state index in [2.05, 4.69) is 0 Å². The summed E-state index contributed by atoms with van der Waals surface area (Å²) >= 11 is 0. The number of hydrogen-bond acceptors (Lipinski definition) is 3. The smallest absolute Gasteiger partial charge is 0.126 e. The number of aldehydes is 1. The molecule has 82 valence electrons. The standard InChI is InChI=1S/C12H16O3/c1-3-14-11-6-5-7-12(15-4-2)10(11)8-9-13/h5-7,9H,3-4,8H2,1-2H3. The summed E-state index contributed by atoms with van der Waals surface area (Å²) in [6.07, 6.45) is 1.19. The van der Waals surface area contributed by atoms with Gasteiger partial charge in [0.15, 0.2) is 0 Å². The molecule has 1 aromatic carbocycles. The van der Waals surface area contributed by atoms with Crippen LogP contribution < -0.4 is 9.47 Å². The van der Waals surface area contributed by atoms with Crippen LogP contribution in [0.4, 0.5) is 0 Å². The van der Waals surface area contributed by atoms with Crippen molar-refractivity contribution < 1.29 is 14.3 Å². The van der Waals surface area contributed by atoms with Crippen molar-refractivity contribution in [2.24, 2.45) is 0 Å². The normalized spacial score (nSPS) is 9.73. The minimum absolute atomic E-state index is 0.325. The molecule has 15 heavy (non-hydrogen) atoms. The average Bonchev–Trinajstić information content (AvgIpc) is 2.23. The molecular formula is C12H16O3. The van der Waals surface area contributed by atoms with E-state index in [1.807, 2.05) is 32.0 Å². The van der Waals surface area contributed by atoms with Crippen LogP contribution in [-0.2, 0) is 11.2 Å². The first-order chi connectivity index (χ1) is 7.33. The number of hydrogen-bond donors (Lipinski definition) is 0. The summed E-state index contributed by atoms with van der Waals surface area (Å²) in [5.41, 5.74) is 0.830. The van der Waals surface area contributed by atoms with Gasteiger partial charge in [0, 0.05) is 12.0 Å². The topological polar surface area (TPSA) is 35.5 Å². The van der Waals surface area contributed by atoms with Crippen LogP contribution in [0, 0.1) is 0 Å². The molecule has 0 atom stereocenters. The minimum Gasteiger partial charge on any atom is -0.493 e.